The molecule has 1 aliphatic rings. The van der Waals surface area contributed by atoms with Crippen molar-refractivity contribution in [1.29, 1.82) is 0 Å². The van der Waals surface area contributed by atoms with Crippen LogP contribution in [0.5, 0.6) is 0 Å². The molecule has 4 heteroatoms. The predicted octanol–water partition coefficient (Wildman–Crippen LogP) is 1.49. The first-order valence-corrected chi connectivity index (χ1v) is 5.97. The van der Waals surface area contributed by atoms with Crippen LogP contribution in [0.4, 0.5) is 0 Å². The Morgan fingerprint density at radius 1 is 1.31 bits per heavy atom. The van der Waals surface area contributed by atoms with E-state index in [4.69, 9.17) is 4.74 Å². The van der Waals surface area contributed by atoms with Crippen molar-refractivity contribution < 1.29 is 14.3 Å². The fourth-order valence-electron chi connectivity index (χ4n) is 1.43. The zero-order valence-electron chi connectivity index (χ0n) is 10.3. The predicted molar refractivity (Wildman–Crippen MR) is 60.7 cm³/mol. The van der Waals surface area contributed by atoms with Gasteiger partial charge in [0.15, 0.2) is 0 Å². The Morgan fingerprint density at radius 2 is 1.94 bits per heavy atom. The molecule has 0 unspecified atom stereocenters. The molecule has 0 heterocycles. The maximum absolute atomic E-state index is 11.6. The topological polar surface area (TPSA) is 55.4 Å². The molecule has 0 radical (unpaired) electrons. The van der Waals surface area contributed by atoms with Crippen molar-refractivity contribution in [2.75, 3.05) is 6.61 Å². The molecule has 1 saturated carbocycles. The van der Waals surface area contributed by atoms with E-state index >= 15 is 0 Å². The lowest BCUT2D eigenvalue weighted by atomic mass is 9.84. The number of ether oxygens (including phenoxy) is 1. The highest BCUT2D eigenvalue weighted by Crippen LogP contribution is 2.26. The van der Waals surface area contributed by atoms with Crippen LogP contribution in [0.1, 0.15) is 40.0 Å². The Morgan fingerprint density at radius 3 is 2.38 bits per heavy atom. The largest absolute Gasteiger partial charge is 0.464 e. The molecule has 1 aliphatic carbocycles. The van der Waals surface area contributed by atoms with Gasteiger partial charge in [-0.2, -0.15) is 0 Å². The van der Waals surface area contributed by atoms with Crippen LogP contribution in [0.25, 0.3) is 0 Å². The molecule has 4 nitrogen and oxygen atoms in total. The van der Waals surface area contributed by atoms with Crippen molar-refractivity contribution in [2.45, 2.75) is 46.1 Å². The fraction of sp³-hybridized carbons (Fsp3) is 0.833. The van der Waals surface area contributed by atoms with Gasteiger partial charge >= 0.3 is 5.97 Å². The van der Waals surface area contributed by atoms with Gasteiger partial charge in [0, 0.05) is 5.92 Å². The van der Waals surface area contributed by atoms with E-state index in [2.05, 4.69) is 5.32 Å². The molecule has 1 amide bonds. The molecule has 0 bridgehead atoms. The van der Waals surface area contributed by atoms with Gasteiger partial charge < -0.3 is 10.1 Å². The molecule has 1 rings (SSSR count). The van der Waals surface area contributed by atoms with E-state index < -0.39 is 6.04 Å². The third kappa shape index (κ3) is 3.83. The minimum Gasteiger partial charge on any atom is -0.464 e. The summed E-state index contributed by atoms with van der Waals surface area (Å²) in [4.78, 5) is 23.0. The number of rotatable bonds is 5. The van der Waals surface area contributed by atoms with Crippen LogP contribution in [0, 0.1) is 11.8 Å². The van der Waals surface area contributed by atoms with Gasteiger partial charge in [0.05, 0.1) is 6.61 Å². The van der Waals surface area contributed by atoms with Crippen LogP contribution < -0.4 is 5.32 Å². The molecule has 0 aromatic heterocycles. The van der Waals surface area contributed by atoms with Crippen LogP contribution in [0.2, 0.25) is 0 Å². The summed E-state index contributed by atoms with van der Waals surface area (Å²) in [6.45, 7) is 6.03. The summed E-state index contributed by atoms with van der Waals surface area (Å²) in [5.74, 6) is 0.0699. The van der Waals surface area contributed by atoms with Gasteiger partial charge in [0.25, 0.3) is 0 Å². The van der Waals surface area contributed by atoms with Gasteiger partial charge in [0.1, 0.15) is 6.04 Å². The third-order valence-corrected chi connectivity index (χ3v) is 2.75. The number of nitrogens with one attached hydrogen (secondary N) is 1. The minimum atomic E-state index is -0.535. The maximum Gasteiger partial charge on any atom is 0.328 e. The van der Waals surface area contributed by atoms with Crippen molar-refractivity contribution in [2.24, 2.45) is 11.8 Å². The second kappa shape index (κ2) is 5.87. The van der Waals surface area contributed by atoms with Gasteiger partial charge in [-0.3, -0.25) is 4.79 Å². The van der Waals surface area contributed by atoms with Crippen molar-refractivity contribution in [3.05, 3.63) is 0 Å². The number of carbonyl (C=O) groups is 2. The number of hydrogen-bond donors (Lipinski definition) is 1. The lowest BCUT2D eigenvalue weighted by Gasteiger charge is -2.25. The zero-order chi connectivity index (χ0) is 12.1. The van der Waals surface area contributed by atoms with E-state index in [1.54, 1.807) is 6.92 Å². The monoisotopic (exact) mass is 227 g/mol. The van der Waals surface area contributed by atoms with Gasteiger partial charge in [-0.1, -0.05) is 20.3 Å². The molecule has 1 fully saturated rings. The Balaban J connectivity index is 2.24. The first-order chi connectivity index (χ1) is 7.50. The number of amides is 1. The van der Waals surface area contributed by atoms with Crippen LogP contribution in [-0.4, -0.2) is 24.5 Å². The number of esters is 1. The van der Waals surface area contributed by atoms with Crippen LogP contribution in [0.15, 0.2) is 0 Å². The smallest absolute Gasteiger partial charge is 0.328 e. The highest BCUT2D eigenvalue weighted by atomic mass is 16.5. The van der Waals surface area contributed by atoms with Crippen molar-refractivity contribution in [3.8, 4) is 0 Å². The minimum absolute atomic E-state index is 0.0137. The average Bonchev–Trinajstić information content (AvgIpc) is 2.10. The Hall–Kier alpha value is -1.06. The molecule has 16 heavy (non-hydrogen) atoms. The van der Waals surface area contributed by atoms with Crippen LogP contribution >= 0.6 is 0 Å². The van der Waals surface area contributed by atoms with E-state index in [0.717, 1.165) is 19.3 Å². The standard InChI is InChI=1S/C12H21NO3/c1-8(2)7-16-12(15)9(3)13-11(14)10-5-4-6-10/h8-10H,4-7H2,1-3H3,(H,13,14)/t9-/m1/s1. The Kier molecular flexibility index (Phi) is 4.77. The molecule has 0 aromatic rings. The highest BCUT2D eigenvalue weighted by Gasteiger charge is 2.27. The quantitative estimate of drug-likeness (QED) is 0.724. The van der Waals surface area contributed by atoms with Crippen molar-refractivity contribution in [3.63, 3.8) is 0 Å². The van der Waals surface area contributed by atoms with Crippen LogP contribution in [0.3, 0.4) is 0 Å². The first-order valence-electron chi connectivity index (χ1n) is 5.97. The van der Waals surface area contributed by atoms with E-state index in [9.17, 15) is 9.59 Å². The summed E-state index contributed by atoms with van der Waals surface area (Å²) in [5, 5.41) is 2.69. The molecule has 0 saturated heterocycles. The second-order valence-electron chi connectivity index (χ2n) is 4.88. The third-order valence-electron chi connectivity index (χ3n) is 2.75. The molecule has 1 atom stereocenters. The van der Waals surface area contributed by atoms with Gasteiger partial charge in [-0.05, 0) is 25.7 Å². The Bertz CT molecular complexity index is 259. The van der Waals surface area contributed by atoms with E-state index in [1.165, 1.54) is 0 Å². The molecular weight excluding hydrogens is 206 g/mol. The molecule has 0 spiro atoms. The molecular formula is C12H21NO3. The van der Waals surface area contributed by atoms with Gasteiger partial charge in [0.2, 0.25) is 5.91 Å². The lowest BCUT2D eigenvalue weighted by Crippen LogP contribution is -2.44. The molecule has 1 N–H and O–H groups in total. The molecule has 0 aliphatic heterocycles. The summed E-state index contributed by atoms with van der Waals surface area (Å²) >= 11 is 0. The van der Waals surface area contributed by atoms with Gasteiger partial charge in [-0.15, -0.1) is 0 Å². The summed E-state index contributed by atoms with van der Waals surface area (Å²) in [5.41, 5.74) is 0. The van der Waals surface area contributed by atoms with E-state index in [0.29, 0.717) is 12.5 Å². The zero-order valence-corrected chi connectivity index (χ0v) is 10.3. The summed E-state index contributed by atoms with van der Waals surface area (Å²) < 4.78 is 5.04. The van der Waals surface area contributed by atoms with Gasteiger partial charge in [-0.25, -0.2) is 4.79 Å². The lowest BCUT2D eigenvalue weighted by molar-refractivity contribution is -0.149. The summed E-state index contributed by atoms with van der Waals surface area (Å²) in [7, 11) is 0. The van der Waals surface area contributed by atoms with Crippen molar-refractivity contribution in [1.82, 2.24) is 5.32 Å². The normalized spacial score (nSPS) is 17.8. The number of hydrogen-bond acceptors (Lipinski definition) is 3. The number of carbonyl (C=O) groups excluding carboxylic acids is 2. The highest BCUT2D eigenvalue weighted by molar-refractivity contribution is 5.85. The fourth-order valence-corrected chi connectivity index (χ4v) is 1.43. The van der Waals surface area contributed by atoms with E-state index in [-0.39, 0.29) is 17.8 Å². The SMILES string of the molecule is CC(C)COC(=O)[C@@H](C)NC(=O)C1CCC1. The Labute approximate surface area is 96.7 Å². The van der Waals surface area contributed by atoms with E-state index in [1.807, 2.05) is 13.8 Å². The molecule has 0 aromatic carbocycles. The van der Waals surface area contributed by atoms with Crippen molar-refractivity contribution >= 4 is 11.9 Å². The molecule has 92 valence electrons. The summed E-state index contributed by atoms with van der Waals surface area (Å²) in [6.07, 6.45) is 3.00. The maximum atomic E-state index is 11.6. The first kappa shape index (κ1) is 13.0. The summed E-state index contributed by atoms with van der Waals surface area (Å²) in [6, 6.07) is -0.535. The van der Waals surface area contributed by atoms with Crippen LogP contribution in [-0.2, 0) is 14.3 Å². The average molecular weight is 227 g/mol. The second-order valence-corrected chi connectivity index (χ2v) is 4.88.